The number of nitrogens with one attached hydrogen (secondary N) is 1. The van der Waals surface area contributed by atoms with E-state index in [2.05, 4.69) is 5.32 Å². The number of primary sulfonamides is 1. The van der Waals surface area contributed by atoms with Crippen LogP contribution < -0.4 is 10.5 Å². The molecule has 17 heavy (non-hydrogen) atoms. The minimum absolute atomic E-state index is 0.0605. The Morgan fingerprint density at radius 1 is 1.41 bits per heavy atom. The maximum atomic E-state index is 11.7. The minimum atomic E-state index is -3.77. The molecular weight excluding hydrogens is 240 g/mol. The Hall–Kier alpha value is -1.40. The maximum absolute atomic E-state index is 11.7. The van der Waals surface area contributed by atoms with Crippen molar-refractivity contribution in [2.75, 3.05) is 6.54 Å². The van der Waals surface area contributed by atoms with E-state index in [4.69, 9.17) is 5.14 Å². The second-order valence-corrected chi connectivity index (χ2v) is 5.74. The molecule has 0 spiro atoms. The van der Waals surface area contributed by atoms with Crippen molar-refractivity contribution in [1.29, 1.82) is 0 Å². The number of nitrogens with two attached hydrogens (primary N) is 1. The first kappa shape index (κ1) is 13.7. The zero-order valence-electron chi connectivity index (χ0n) is 9.80. The lowest BCUT2D eigenvalue weighted by Gasteiger charge is -2.08. The van der Waals surface area contributed by atoms with Gasteiger partial charge in [0.05, 0.1) is 4.90 Å². The van der Waals surface area contributed by atoms with Crippen LogP contribution in [0.3, 0.4) is 0 Å². The number of hydrogen-bond acceptors (Lipinski definition) is 3. The highest BCUT2D eigenvalue weighted by atomic mass is 32.2. The first-order chi connectivity index (χ1) is 7.80. The molecule has 94 valence electrons. The van der Waals surface area contributed by atoms with E-state index in [0.717, 1.165) is 0 Å². The summed E-state index contributed by atoms with van der Waals surface area (Å²) in [6.45, 7) is 4.49. The molecule has 0 saturated carbocycles. The van der Waals surface area contributed by atoms with Crippen LogP contribution in [0.4, 0.5) is 0 Å². The normalized spacial score (nSPS) is 11.5. The summed E-state index contributed by atoms with van der Waals surface area (Å²) < 4.78 is 22.2. The monoisotopic (exact) mass is 256 g/mol. The molecule has 1 aromatic rings. The summed E-state index contributed by atoms with van der Waals surface area (Å²) >= 11 is 0. The highest BCUT2D eigenvalue weighted by Crippen LogP contribution is 2.09. The fraction of sp³-hybridized carbons (Fsp3) is 0.364. The van der Waals surface area contributed by atoms with Crippen LogP contribution in [0.15, 0.2) is 29.2 Å². The summed E-state index contributed by atoms with van der Waals surface area (Å²) in [5.74, 6) is 0.0320. The molecule has 1 amide bonds. The first-order valence-electron chi connectivity index (χ1n) is 5.22. The fourth-order valence-electron chi connectivity index (χ4n) is 1.21. The summed E-state index contributed by atoms with van der Waals surface area (Å²) in [7, 11) is -3.77. The quantitative estimate of drug-likeness (QED) is 0.831. The number of carbonyl (C=O) groups excluding carboxylic acids is 1. The topological polar surface area (TPSA) is 89.3 Å². The Morgan fingerprint density at radius 3 is 2.59 bits per heavy atom. The van der Waals surface area contributed by atoms with Gasteiger partial charge in [0, 0.05) is 12.1 Å². The van der Waals surface area contributed by atoms with E-state index in [1.807, 2.05) is 13.8 Å². The number of amides is 1. The molecule has 0 aromatic heterocycles. The third-order valence-electron chi connectivity index (χ3n) is 2.10. The van der Waals surface area contributed by atoms with Crippen molar-refractivity contribution in [3.63, 3.8) is 0 Å². The summed E-state index contributed by atoms with van der Waals surface area (Å²) in [5.41, 5.74) is 0.289. The van der Waals surface area contributed by atoms with Gasteiger partial charge in [-0.25, -0.2) is 13.6 Å². The van der Waals surface area contributed by atoms with Crippen LogP contribution in [0.2, 0.25) is 0 Å². The summed E-state index contributed by atoms with van der Waals surface area (Å²) in [6, 6.07) is 5.66. The van der Waals surface area contributed by atoms with Gasteiger partial charge in [0.25, 0.3) is 5.91 Å². The SMILES string of the molecule is CC(C)CNC(=O)c1cccc(S(N)(=O)=O)c1. The second kappa shape index (κ2) is 5.29. The number of benzene rings is 1. The van der Waals surface area contributed by atoms with Gasteiger partial charge in [0.15, 0.2) is 0 Å². The largest absolute Gasteiger partial charge is 0.352 e. The van der Waals surface area contributed by atoms with Gasteiger partial charge in [-0.1, -0.05) is 19.9 Å². The molecular formula is C11H16N2O3S. The van der Waals surface area contributed by atoms with Crippen molar-refractivity contribution in [3.8, 4) is 0 Å². The average molecular weight is 256 g/mol. The molecule has 0 aliphatic carbocycles. The molecule has 0 heterocycles. The molecule has 0 saturated heterocycles. The summed E-state index contributed by atoms with van der Waals surface area (Å²) in [6.07, 6.45) is 0. The zero-order chi connectivity index (χ0) is 13.1. The average Bonchev–Trinajstić information content (AvgIpc) is 2.25. The molecule has 6 heteroatoms. The Balaban J connectivity index is 2.89. The van der Waals surface area contributed by atoms with Crippen LogP contribution in [-0.4, -0.2) is 20.9 Å². The van der Waals surface area contributed by atoms with Gasteiger partial charge >= 0.3 is 0 Å². The van der Waals surface area contributed by atoms with E-state index >= 15 is 0 Å². The maximum Gasteiger partial charge on any atom is 0.251 e. The smallest absolute Gasteiger partial charge is 0.251 e. The lowest BCUT2D eigenvalue weighted by Crippen LogP contribution is -2.27. The third-order valence-corrected chi connectivity index (χ3v) is 3.01. The van der Waals surface area contributed by atoms with Crippen LogP contribution in [0.1, 0.15) is 24.2 Å². The van der Waals surface area contributed by atoms with Crippen molar-refractivity contribution in [2.45, 2.75) is 18.7 Å². The van der Waals surface area contributed by atoms with Gasteiger partial charge in [-0.3, -0.25) is 4.79 Å². The van der Waals surface area contributed by atoms with Crippen molar-refractivity contribution < 1.29 is 13.2 Å². The lowest BCUT2D eigenvalue weighted by molar-refractivity contribution is 0.0949. The van der Waals surface area contributed by atoms with Crippen LogP contribution in [0, 0.1) is 5.92 Å². The molecule has 5 nitrogen and oxygen atoms in total. The molecule has 0 aliphatic heterocycles. The van der Waals surface area contributed by atoms with Crippen molar-refractivity contribution in [2.24, 2.45) is 11.1 Å². The molecule has 1 aromatic carbocycles. The Kier molecular flexibility index (Phi) is 4.25. The van der Waals surface area contributed by atoms with Crippen molar-refractivity contribution in [1.82, 2.24) is 5.32 Å². The predicted molar refractivity (Wildman–Crippen MR) is 65.0 cm³/mol. The van der Waals surface area contributed by atoms with Gasteiger partial charge in [-0.05, 0) is 24.1 Å². The molecule has 1 rings (SSSR count). The summed E-state index contributed by atoms with van der Waals surface area (Å²) in [4.78, 5) is 11.6. The number of carbonyl (C=O) groups is 1. The standard InChI is InChI=1S/C11H16N2O3S/c1-8(2)7-13-11(14)9-4-3-5-10(6-9)17(12,15)16/h3-6,8H,7H2,1-2H3,(H,13,14)(H2,12,15,16). The van der Waals surface area contributed by atoms with E-state index in [9.17, 15) is 13.2 Å². The molecule has 0 unspecified atom stereocenters. The highest BCUT2D eigenvalue weighted by Gasteiger charge is 2.11. The fourth-order valence-corrected chi connectivity index (χ4v) is 1.77. The number of sulfonamides is 1. The molecule has 0 aliphatic rings. The molecule has 0 atom stereocenters. The highest BCUT2D eigenvalue weighted by molar-refractivity contribution is 7.89. The van der Waals surface area contributed by atoms with Crippen LogP contribution in [0.25, 0.3) is 0 Å². The predicted octanol–water partition coefficient (Wildman–Crippen LogP) is 0.720. The van der Waals surface area contributed by atoms with E-state index in [0.29, 0.717) is 12.5 Å². The van der Waals surface area contributed by atoms with Gasteiger partial charge < -0.3 is 5.32 Å². The van der Waals surface area contributed by atoms with E-state index in [-0.39, 0.29) is 16.4 Å². The van der Waals surface area contributed by atoms with Crippen LogP contribution >= 0.6 is 0 Å². The molecule has 0 fully saturated rings. The Labute approximate surface area is 101 Å². The molecule has 3 N–H and O–H groups in total. The van der Waals surface area contributed by atoms with Gasteiger partial charge in [-0.2, -0.15) is 0 Å². The number of hydrogen-bond donors (Lipinski definition) is 2. The molecule has 0 bridgehead atoms. The third kappa shape index (κ3) is 4.16. The van der Waals surface area contributed by atoms with E-state index < -0.39 is 10.0 Å². The molecule has 0 radical (unpaired) electrons. The van der Waals surface area contributed by atoms with E-state index in [1.165, 1.54) is 18.2 Å². The Morgan fingerprint density at radius 2 is 2.06 bits per heavy atom. The Bertz CT molecular complexity index is 509. The summed E-state index contributed by atoms with van der Waals surface area (Å²) in [5, 5.41) is 7.69. The van der Waals surface area contributed by atoms with Gasteiger partial charge in [0.1, 0.15) is 0 Å². The number of rotatable bonds is 4. The van der Waals surface area contributed by atoms with Crippen LogP contribution in [-0.2, 0) is 10.0 Å². The lowest BCUT2D eigenvalue weighted by atomic mass is 10.2. The first-order valence-corrected chi connectivity index (χ1v) is 6.76. The van der Waals surface area contributed by atoms with E-state index in [1.54, 1.807) is 6.07 Å². The second-order valence-electron chi connectivity index (χ2n) is 4.18. The zero-order valence-corrected chi connectivity index (χ0v) is 10.6. The van der Waals surface area contributed by atoms with Gasteiger partial charge in [0.2, 0.25) is 10.0 Å². The van der Waals surface area contributed by atoms with Crippen molar-refractivity contribution >= 4 is 15.9 Å². The van der Waals surface area contributed by atoms with Crippen molar-refractivity contribution in [3.05, 3.63) is 29.8 Å². The van der Waals surface area contributed by atoms with Gasteiger partial charge in [-0.15, -0.1) is 0 Å². The van der Waals surface area contributed by atoms with Crippen LogP contribution in [0.5, 0.6) is 0 Å². The minimum Gasteiger partial charge on any atom is -0.352 e.